The lowest BCUT2D eigenvalue weighted by Gasteiger charge is -2.06. The third kappa shape index (κ3) is 6.39. The maximum absolute atomic E-state index is 11.6. The Kier molecular flexibility index (Phi) is 5.45. The molecule has 1 N–H and O–H groups in total. The van der Waals surface area contributed by atoms with Crippen molar-refractivity contribution in [2.75, 3.05) is 20.3 Å². The summed E-state index contributed by atoms with van der Waals surface area (Å²) >= 11 is 0. The molecule has 0 aromatic carbocycles. The predicted octanol–water partition coefficient (Wildman–Crippen LogP) is 1.09. The molecule has 6 heteroatoms. The number of hydrogen-bond donors (Lipinski definition) is 1. The molecule has 0 heterocycles. The zero-order chi connectivity index (χ0) is 10.3. The smallest absolute Gasteiger partial charge is 0.385 e. The number of rotatable bonds is 5. The fourth-order valence-corrected chi connectivity index (χ4v) is 0.674. The highest BCUT2D eigenvalue weighted by molar-refractivity contribution is 5.81. The molecule has 0 saturated carbocycles. The van der Waals surface area contributed by atoms with Crippen LogP contribution in [0.3, 0.4) is 0 Å². The first kappa shape index (κ1) is 12.2. The van der Waals surface area contributed by atoms with Crippen LogP contribution in [0.2, 0.25) is 0 Å². The minimum Gasteiger partial charge on any atom is -0.385 e. The normalized spacial score (nSPS) is 11.4. The minimum atomic E-state index is -4.78. The Balaban J connectivity index is 3.38. The molecule has 0 aromatic heterocycles. The Labute approximate surface area is 74.3 Å². The first-order valence-electron chi connectivity index (χ1n) is 3.82. The summed E-state index contributed by atoms with van der Waals surface area (Å²) in [5.41, 5.74) is 0. The summed E-state index contributed by atoms with van der Waals surface area (Å²) in [5.74, 6) is -1.88. The summed E-state index contributed by atoms with van der Waals surface area (Å²) in [6, 6.07) is 0. The second-order valence-corrected chi connectivity index (χ2v) is 2.45. The van der Waals surface area contributed by atoms with Gasteiger partial charge in [-0.25, -0.2) is 0 Å². The van der Waals surface area contributed by atoms with Gasteiger partial charge in [0.2, 0.25) is 0 Å². The van der Waals surface area contributed by atoms with Crippen LogP contribution in [0.1, 0.15) is 12.8 Å². The number of nitrogens with one attached hydrogen (secondary N) is 1. The number of hydrogen-bond acceptors (Lipinski definition) is 2. The van der Waals surface area contributed by atoms with Crippen molar-refractivity contribution in [1.29, 1.82) is 0 Å². The van der Waals surface area contributed by atoms with E-state index < -0.39 is 12.1 Å². The summed E-state index contributed by atoms with van der Waals surface area (Å²) in [5, 5.41) is 1.76. The van der Waals surface area contributed by atoms with E-state index in [-0.39, 0.29) is 6.54 Å². The van der Waals surface area contributed by atoms with Crippen molar-refractivity contribution in [2.45, 2.75) is 19.0 Å². The van der Waals surface area contributed by atoms with Gasteiger partial charge < -0.3 is 10.1 Å². The molecule has 1 amide bonds. The van der Waals surface area contributed by atoms with Gasteiger partial charge in [-0.15, -0.1) is 0 Å². The van der Waals surface area contributed by atoms with Crippen molar-refractivity contribution < 1.29 is 22.7 Å². The first-order valence-corrected chi connectivity index (χ1v) is 3.82. The molecule has 78 valence electrons. The molecule has 0 aliphatic rings. The highest BCUT2D eigenvalue weighted by Gasteiger charge is 2.37. The fraction of sp³-hybridized carbons (Fsp3) is 0.857. The van der Waals surface area contributed by atoms with Crippen LogP contribution in [0.4, 0.5) is 13.2 Å². The van der Waals surface area contributed by atoms with E-state index >= 15 is 0 Å². The van der Waals surface area contributed by atoms with E-state index in [4.69, 9.17) is 0 Å². The van der Waals surface area contributed by atoms with Gasteiger partial charge in [-0.2, -0.15) is 13.2 Å². The van der Waals surface area contributed by atoms with Crippen molar-refractivity contribution in [1.82, 2.24) is 5.32 Å². The molecule has 0 atom stereocenters. The van der Waals surface area contributed by atoms with E-state index in [1.54, 1.807) is 5.32 Å². The van der Waals surface area contributed by atoms with Gasteiger partial charge in [0.1, 0.15) is 0 Å². The fourth-order valence-electron chi connectivity index (χ4n) is 0.674. The Morgan fingerprint density at radius 1 is 1.38 bits per heavy atom. The maximum Gasteiger partial charge on any atom is 0.471 e. The summed E-state index contributed by atoms with van der Waals surface area (Å²) < 4.78 is 39.4. The number of halogens is 3. The average Bonchev–Trinajstić information content (AvgIpc) is 2.02. The van der Waals surface area contributed by atoms with E-state index in [1.807, 2.05) is 0 Å². The Morgan fingerprint density at radius 3 is 2.46 bits per heavy atom. The highest BCUT2D eigenvalue weighted by Crippen LogP contribution is 2.13. The molecule has 0 unspecified atom stereocenters. The summed E-state index contributed by atoms with van der Waals surface area (Å²) in [4.78, 5) is 10.2. The molecule has 0 radical (unpaired) electrons. The zero-order valence-corrected chi connectivity index (χ0v) is 7.28. The molecule has 0 aliphatic heterocycles. The first-order chi connectivity index (χ1) is 5.98. The van der Waals surface area contributed by atoms with Crippen molar-refractivity contribution in [3.8, 4) is 0 Å². The monoisotopic (exact) mass is 199 g/mol. The summed E-state index contributed by atoms with van der Waals surface area (Å²) in [6.07, 6.45) is -3.66. The molecule has 0 saturated heterocycles. The van der Waals surface area contributed by atoms with Crippen molar-refractivity contribution >= 4 is 5.91 Å². The van der Waals surface area contributed by atoms with E-state index in [0.29, 0.717) is 19.4 Å². The molecule has 13 heavy (non-hydrogen) atoms. The van der Waals surface area contributed by atoms with Gasteiger partial charge in [0, 0.05) is 20.3 Å². The van der Waals surface area contributed by atoms with Gasteiger partial charge in [0.05, 0.1) is 0 Å². The van der Waals surface area contributed by atoms with Crippen LogP contribution in [0, 0.1) is 0 Å². The quantitative estimate of drug-likeness (QED) is 0.673. The summed E-state index contributed by atoms with van der Waals surface area (Å²) in [6.45, 7) is 0.517. The standard InChI is InChI=1S/C7H12F3NO2/c1-13-5-3-2-4-11-6(12)7(8,9)10/h2-5H2,1H3,(H,11,12). The molecule has 0 spiro atoms. The average molecular weight is 199 g/mol. The van der Waals surface area contributed by atoms with E-state index in [2.05, 4.69) is 4.74 Å². The number of methoxy groups -OCH3 is 1. The SMILES string of the molecule is COCCCCNC(=O)C(F)(F)F. The van der Waals surface area contributed by atoms with Crippen LogP contribution >= 0.6 is 0 Å². The Hall–Kier alpha value is -0.780. The largest absolute Gasteiger partial charge is 0.471 e. The number of ether oxygens (including phenoxy) is 1. The lowest BCUT2D eigenvalue weighted by atomic mass is 10.3. The molecular formula is C7H12F3NO2. The molecule has 0 rings (SSSR count). The van der Waals surface area contributed by atoms with Crippen LogP contribution in [0.5, 0.6) is 0 Å². The highest BCUT2D eigenvalue weighted by atomic mass is 19.4. The lowest BCUT2D eigenvalue weighted by molar-refractivity contribution is -0.173. The van der Waals surface area contributed by atoms with E-state index in [0.717, 1.165) is 0 Å². The Bertz CT molecular complexity index is 158. The number of carbonyl (C=O) groups is 1. The van der Waals surface area contributed by atoms with Crippen LogP contribution < -0.4 is 5.32 Å². The number of alkyl halides is 3. The lowest BCUT2D eigenvalue weighted by Crippen LogP contribution is -2.37. The van der Waals surface area contributed by atoms with Gasteiger partial charge in [0.25, 0.3) is 0 Å². The van der Waals surface area contributed by atoms with Crippen LogP contribution in [-0.4, -0.2) is 32.3 Å². The van der Waals surface area contributed by atoms with Gasteiger partial charge in [-0.3, -0.25) is 4.79 Å². The number of amides is 1. The van der Waals surface area contributed by atoms with Crippen molar-refractivity contribution in [3.05, 3.63) is 0 Å². The topological polar surface area (TPSA) is 38.3 Å². The molecule has 0 bridgehead atoms. The second kappa shape index (κ2) is 5.80. The van der Waals surface area contributed by atoms with Crippen molar-refractivity contribution in [2.24, 2.45) is 0 Å². The van der Waals surface area contributed by atoms with Crippen molar-refractivity contribution in [3.63, 3.8) is 0 Å². The van der Waals surface area contributed by atoms with Crippen LogP contribution in [-0.2, 0) is 9.53 Å². The minimum absolute atomic E-state index is 0.0295. The van der Waals surface area contributed by atoms with Gasteiger partial charge in [-0.1, -0.05) is 0 Å². The Morgan fingerprint density at radius 2 is 2.00 bits per heavy atom. The third-order valence-electron chi connectivity index (χ3n) is 1.32. The van der Waals surface area contributed by atoms with E-state index in [9.17, 15) is 18.0 Å². The predicted molar refractivity (Wildman–Crippen MR) is 40.2 cm³/mol. The molecular weight excluding hydrogens is 187 g/mol. The summed E-state index contributed by atoms with van der Waals surface area (Å²) in [7, 11) is 1.51. The second-order valence-electron chi connectivity index (χ2n) is 2.45. The number of carbonyl (C=O) groups excluding carboxylic acids is 1. The number of unbranched alkanes of at least 4 members (excludes halogenated alkanes) is 1. The van der Waals surface area contributed by atoms with Gasteiger partial charge >= 0.3 is 12.1 Å². The van der Waals surface area contributed by atoms with Crippen LogP contribution in [0.25, 0.3) is 0 Å². The van der Waals surface area contributed by atoms with Crippen LogP contribution in [0.15, 0.2) is 0 Å². The molecule has 0 fully saturated rings. The maximum atomic E-state index is 11.6. The molecule has 0 aromatic rings. The molecule has 3 nitrogen and oxygen atoms in total. The van der Waals surface area contributed by atoms with Gasteiger partial charge in [-0.05, 0) is 12.8 Å². The van der Waals surface area contributed by atoms with E-state index in [1.165, 1.54) is 7.11 Å². The zero-order valence-electron chi connectivity index (χ0n) is 7.28. The molecule has 0 aliphatic carbocycles. The third-order valence-corrected chi connectivity index (χ3v) is 1.32. The van der Waals surface area contributed by atoms with Gasteiger partial charge in [0.15, 0.2) is 0 Å².